The monoisotopic (exact) mass is 296 g/mol. The Hall–Kier alpha value is -1.96. The van der Waals surface area contributed by atoms with Crippen molar-refractivity contribution in [3.8, 4) is 0 Å². The first kappa shape index (κ1) is 15.4. The molecule has 1 aromatic carbocycles. The predicted octanol–water partition coefficient (Wildman–Crippen LogP) is 0.884. The van der Waals surface area contributed by atoms with Crippen LogP contribution in [0.1, 0.15) is 20.7 Å². The van der Waals surface area contributed by atoms with Crippen molar-refractivity contribution in [2.75, 3.05) is 26.4 Å². The zero-order valence-corrected chi connectivity index (χ0v) is 11.2. The van der Waals surface area contributed by atoms with Crippen LogP contribution in [0.15, 0.2) is 24.3 Å². The van der Waals surface area contributed by atoms with Crippen LogP contribution in [0.25, 0.3) is 0 Å². The van der Waals surface area contributed by atoms with E-state index in [-0.39, 0.29) is 11.1 Å². The molecule has 3 rings (SSSR count). The molecule has 0 bridgehead atoms. The predicted molar refractivity (Wildman–Crippen MR) is 70.7 cm³/mol. The van der Waals surface area contributed by atoms with E-state index in [0.29, 0.717) is 12.2 Å². The summed E-state index contributed by atoms with van der Waals surface area (Å²) in [6.07, 6.45) is 0.785. The molecule has 0 amide bonds. The number of aromatic carboxylic acids is 2. The summed E-state index contributed by atoms with van der Waals surface area (Å²) in [7, 11) is 0. The van der Waals surface area contributed by atoms with Crippen LogP contribution < -0.4 is 0 Å². The van der Waals surface area contributed by atoms with Gasteiger partial charge in [-0.05, 0) is 12.1 Å². The van der Waals surface area contributed by atoms with Gasteiger partial charge in [0.25, 0.3) is 0 Å². The number of hydrogen-bond donors (Lipinski definition) is 2. The lowest BCUT2D eigenvalue weighted by Crippen LogP contribution is -2.06. The first-order chi connectivity index (χ1) is 10.1. The quantitative estimate of drug-likeness (QED) is 0.750. The summed E-state index contributed by atoms with van der Waals surface area (Å²) in [6.45, 7) is 3.26. The average molecular weight is 296 g/mol. The van der Waals surface area contributed by atoms with E-state index in [1.807, 2.05) is 0 Å². The smallest absolute Gasteiger partial charge is 0.336 e. The van der Waals surface area contributed by atoms with Crippen LogP contribution in [0.5, 0.6) is 0 Å². The molecule has 0 radical (unpaired) electrons. The number of carboxylic acid groups (broad SMARTS) is 2. The van der Waals surface area contributed by atoms with Crippen LogP contribution in [0, 0.1) is 0 Å². The van der Waals surface area contributed by atoms with Crippen LogP contribution in [0.3, 0.4) is 0 Å². The second-order valence-corrected chi connectivity index (χ2v) is 4.60. The second kappa shape index (κ2) is 7.16. The number of carbonyl (C=O) groups is 2. The number of epoxide rings is 2. The molecule has 2 aliphatic rings. The number of ether oxygens (including phenoxy) is 3. The topological polar surface area (TPSA) is 109 Å². The van der Waals surface area contributed by atoms with E-state index in [4.69, 9.17) is 24.4 Å². The van der Waals surface area contributed by atoms with E-state index < -0.39 is 11.9 Å². The molecular weight excluding hydrogens is 280 g/mol. The maximum atomic E-state index is 10.5. The van der Waals surface area contributed by atoms with Crippen molar-refractivity contribution in [3.05, 3.63) is 35.4 Å². The molecule has 1 aromatic rings. The van der Waals surface area contributed by atoms with Crippen molar-refractivity contribution in [1.82, 2.24) is 0 Å². The normalized spacial score (nSPS) is 21.9. The van der Waals surface area contributed by atoms with E-state index in [1.54, 1.807) is 0 Å². The zero-order chi connectivity index (χ0) is 15.2. The van der Waals surface area contributed by atoms with Crippen LogP contribution in [0.2, 0.25) is 0 Å². The highest BCUT2D eigenvalue weighted by molar-refractivity contribution is 6.01. The zero-order valence-electron chi connectivity index (χ0n) is 11.2. The van der Waals surface area contributed by atoms with E-state index >= 15 is 0 Å². The molecule has 21 heavy (non-hydrogen) atoms. The van der Waals surface area contributed by atoms with Crippen molar-refractivity contribution in [2.45, 2.75) is 12.2 Å². The van der Waals surface area contributed by atoms with Crippen LogP contribution in [0.4, 0.5) is 0 Å². The molecule has 2 atom stereocenters. The Bertz CT molecular complexity index is 461. The van der Waals surface area contributed by atoms with E-state index in [1.165, 1.54) is 24.3 Å². The fourth-order valence-electron chi connectivity index (χ4n) is 1.52. The maximum Gasteiger partial charge on any atom is 0.336 e. The summed E-state index contributed by atoms with van der Waals surface area (Å²) < 4.78 is 15.1. The van der Waals surface area contributed by atoms with Crippen molar-refractivity contribution in [2.24, 2.45) is 0 Å². The van der Waals surface area contributed by atoms with Gasteiger partial charge in [0.05, 0.1) is 37.6 Å². The highest BCUT2D eigenvalue weighted by Gasteiger charge is 2.26. The van der Waals surface area contributed by atoms with Gasteiger partial charge >= 0.3 is 11.9 Å². The van der Waals surface area contributed by atoms with Gasteiger partial charge in [0.1, 0.15) is 12.2 Å². The Balaban J connectivity index is 0.000000159. The molecule has 0 aromatic heterocycles. The molecule has 0 aliphatic carbocycles. The summed E-state index contributed by atoms with van der Waals surface area (Å²) in [5.41, 5.74) is -0.380. The lowest BCUT2D eigenvalue weighted by molar-refractivity contribution is 0.0651. The molecule has 2 aliphatic heterocycles. The number of rotatable bonds is 6. The number of carboxylic acids is 2. The summed E-state index contributed by atoms with van der Waals surface area (Å²) in [5.74, 6) is -2.46. The molecule has 7 heteroatoms. The fourth-order valence-corrected chi connectivity index (χ4v) is 1.52. The molecule has 0 spiro atoms. The van der Waals surface area contributed by atoms with Gasteiger partial charge in [-0.25, -0.2) is 9.59 Å². The molecular formula is C14H16O7. The molecule has 2 N–H and O–H groups in total. The highest BCUT2D eigenvalue weighted by atomic mass is 16.6. The third kappa shape index (κ3) is 5.50. The fraction of sp³-hybridized carbons (Fsp3) is 0.429. The average Bonchev–Trinajstić information content (AvgIpc) is 3.34. The second-order valence-electron chi connectivity index (χ2n) is 4.60. The first-order valence-corrected chi connectivity index (χ1v) is 6.44. The lowest BCUT2D eigenvalue weighted by atomic mass is 10.1. The van der Waals surface area contributed by atoms with Crippen molar-refractivity contribution < 1.29 is 34.0 Å². The Morgan fingerprint density at radius 2 is 1.38 bits per heavy atom. The first-order valence-electron chi connectivity index (χ1n) is 6.44. The lowest BCUT2D eigenvalue weighted by Gasteiger charge is -1.98. The number of benzene rings is 1. The Labute approximate surface area is 121 Å². The third-order valence-corrected chi connectivity index (χ3v) is 2.80. The van der Waals surface area contributed by atoms with E-state index in [2.05, 4.69) is 0 Å². The highest BCUT2D eigenvalue weighted by Crippen LogP contribution is 2.12. The summed E-state index contributed by atoms with van der Waals surface area (Å²) in [5, 5.41) is 17.1. The standard InChI is InChI=1S/C8H6O4.C6H10O3/c9-7(10)5-3-1-2-4-6(5)8(11)12;1(5-3-8-5)7-2-6-4-9-6/h1-4H,(H,9,10)(H,11,12);5-6H,1-4H2. The van der Waals surface area contributed by atoms with Gasteiger partial charge in [-0.3, -0.25) is 0 Å². The molecule has 0 saturated carbocycles. The van der Waals surface area contributed by atoms with E-state index in [0.717, 1.165) is 26.4 Å². The molecule has 2 saturated heterocycles. The van der Waals surface area contributed by atoms with Gasteiger partial charge in [0.2, 0.25) is 0 Å². The molecule has 7 nitrogen and oxygen atoms in total. The van der Waals surface area contributed by atoms with Crippen molar-refractivity contribution in [3.63, 3.8) is 0 Å². The molecule has 114 valence electrons. The molecule has 2 fully saturated rings. The van der Waals surface area contributed by atoms with Crippen LogP contribution in [-0.4, -0.2) is 60.8 Å². The summed E-state index contributed by atoms with van der Waals surface area (Å²) >= 11 is 0. The summed E-state index contributed by atoms with van der Waals surface area (Å²) in [6, 6.07) is 5.48. The van der Waals surface area contributed by atoms with Gasteiger partial charge in [-0.1, -0.05) is 12.1 Å². The van der Waals surface area contributed by atoms with Crippen LogP contribution >= 0.6 is 0 Å². The van der Waals surface area contributed by atoms with Gasteiger partial charge in [-0.15, -0.1) is 0 Å². The Morgan fingerprint density at radius 1 is 1.00 bits per heavy atom. The minimum Gasteiger partial charge on any atom is -0.478 e. The Kier molecular flexibility index (Phi) is 5.26. The molecule has 2 unspecified atom stereocenters. The minimum absolute atomic E-state index is 0.190. The van der Waals surface area contributed by atoms with Gasteiger partial charge in [-0.2, -0.15) is 0 Å². The minimum atomic E-state index is -1.23. The number of hydrogen-bond acceptors (Lipinski definition) is 5. The molecule has 2 heterocycles. The largest absolute Gasteiger partial charge is 0.478 e. The SMILES string of the molecule is C(OCC1CO1)C1CO1.O=C(O)c1ccccc1C(=O)O. The third-order valence-electron chi connectivity index (χ3n) is 2.80. The van der Waals surface area contributed by atoms with Crippen molar-refractivity contribution in [1.29, 1.82) is 0 Å². The Morgan fingerprint density at radius 3 is 1.67 bits per heavy atom. The van der Waals surface area contributed by atoms with Crippen LogP contribution in [-0.2, 0) is 14.2 Å². The van der Waals surface area contributed by atoms with Gasteiger partial charge in [0, 0.05) is 0 Å². The van der Waals surface area contributed by atoms with Gasteiger partial charge in [0.15, 0.2) is 0 Å². The summed E-state index contributed by atoms with van der Waals surface area (Å²) in [4.78, 5) is 20.9. The maximum absolute atomic E-state index is 10.5. The van der Waals surface area contributed by atoms with Gasteiger partial charge < -0.3 is 24.4 Å². The van der Waals surface area contributed by atoms with Crippen molar-refractivity contribution >= 4 is 11.9 Å². The van der Waals surface area contributed by atoms with E-state index in [9.17, 15) is 9.59 Å².